The Morgan fingerprint density at radius 2 is 1.82 bits per heavy atom. The van der Waals surface area contributed by atoms with Crippen molar-refractivity contribution in [2.24, 2.45) is 23.0 Å². The van der Waals surface area contributed by atoms with Gasteiger partial charge in [-0.2, -0.15) is 0 Å². The number of rotatable bonds is 1. The summed E-state index contributed by atoms with van der Waals surface area (Å²) in [4.78, 5) is 2.69. The van der Waals surface area contributed by atoms with Crippen molar-refractivity contribution in [1.82, 2.24) is 4.90 Å². The topological polar surface area (TPSA) is 29.3 Å². The molecule has 0 aromatic heterocycles. The largest absolute Gasteiger partial charge is 0.326 e. The molecule has 1 aliphatic carbocycles. The highest BCUT2D eigenvalue weighted by molar-refractivity contribution is 4.97. The quantitative estimate of drug-likeness (QED) is 0.761. The third kappa shape index (κ3) is 2.68. The fourth-order valence-electron chi connectivity index (χ4n) is 3.64. The SMILES string of the molecule is CC1CCN(C2CCCC(C)(C)C2N)CC1C. The second-order valence-electron chi connectivity index (χ2n) is 7.21. The molecule has 17 heavy (non-hydrogen) atoms. The third-order valence-electron chi connectivity index (χ3n) is 5.47. The highest BCUT2D eigenvalue weighted by Gasteiger charge is 2.40. The number of nitrogens with zero attached hydrogens (tertiary/aromatic N) is 1. The van der Waals surface area contributed by atoms with Gasteiger partial charge in [-0.3, -0.25) is 4.90 Å². The Morgan fingerprint density at radius 3 is 2.47 bits per heavy atom. The van der Waals surface area contributed by atoms with Crippen LogP contribution in [0.1, 0.15) is 53.4 Å². The van der Waals surface area contributed by atoms with Crippen LogP contribution < -0.4 is 5.73 Å². The molecule has 2 heteroatoms. The summed E-state index contributed by atoms with van der Waals surface area (Å²) >= 11 is 0. The van der Waals surface area contributed by atoms with Gasteiger partial charge >= 0.3 is 0 Å². The van der Waals surface area contributed by atoms with Crippen molar-refractivity contribution >= 4 is 0 Å². The monoisotopic (exact) mass is 238 g/mol. The van der Waals surface area contributed by atoms with Crippen molar-refractivity contribution in [3.8, 4) is 0 Å². The van der Waals surface area contributed by atoms with E-state index in [1.807, 2.05) is 0 Å². The molecule has 1 saturated heterocycles. The van der Waals surface area contributed by atoms with Gasteiger partial charge in [0, 0.05) is 18.6 Å². The lowest BCUT2D eigenvalue weighted by Gasteiger charge is -2.49. The molecule has 4 atom stereocenters. The minimum atomic E-state index is 0.329. The maximum atomic E-state index is 6.53. The van der Waals surface area contributed by atoms with Crippen LogP contribution in [-0.2, 0) is 0 Å². The van der Waals surface area contributed by atoms with E-state index in [0.29, 0.717) is 17.5 Å². The molecular formula is C15H30N2. The van der Waals surface area contributed by atoms with E-state index in [1.54, 1.807) is 0 Å². The molecule has 2 nitrogen and oxygen atoms in total. The summed E-state index contributed by atoms with van der Waals surface area (Å²) in [6.07, 6.45) is 5.31. The van der Waals surface area contributed by atoms with Crippen molar-refractivity contribution in [3.63, 3.8) is 0 Å². The first-order valence-electron chi connectivity index (χ1n) is 7.41. The molecule has 2 N–H and O–H groups in total. The lowest BCUT2D eigenvalue weighted by atomic mass is 9.70. The van der Waals surface area contributed by atoms with Gasteiger partial charge in [0.05, 0.1) is 0 Å². The van der Waals surface area contributed by atoms with E-state index in [0.717, 1.165) is 11.8 Å². The summed E-state index contributed by atoms with van der Waals surface area (Å²) in [7, 11) is 0. The number of hydrogen-bond acceptors (Lipinski definition) is 2. The zero-order valence-electron chi connectivity index (χ0n) is 12.1. The van der Waals surface area contributed by atoms with Gasteiger partial charge in [-0.1, -0.05) is 34.1 Å². The van der Waals surface area contributed by atoms with Gasteiger partial charge in [0.25, 0.3) is 0 Å². The summed E-state index contributed by atoms with van der Waals surface area (Å²) in [5.41, 5.74) is 6.85. The molecule has 4 unspecified atom stereocenters. The van der Waals surface area contributed by atoms with Gasteiger partial charge in [-0.25, -0.2) is 0 Å². The normalized spacial score (nSPS) is 43.6. The first-order valence-corrected chi connectivity index (χ1v) is 7.41. The van der Waals surface area contributed by atoms with Crippen LogP contribution >= 0.6 is 0 Å². The average molecular weight is 238 g/mol. The zero-order valence-corrected chi connectivity index (χ0v) is 12.1. The average Bonchev–Trinajstić information content (AvgIpc) is 2.26. The van der Waals surface area contributed by atoms with E-state index in [9.17, 15) is 0 Å². The Hall–Kier alpha value is -0.0800. The summed E-state index contributed by atoms with van der Waals surface area (Å²) < 4.78 is 0. The van der Waals surface area contributed by atoms with Gasteiger partial charge < -0.3 is 5.73 Å². The van der Waals surface area contributed by atoms with Crippen LogP contribution in [0.25, 0.3) is 0 Å². The van der Waals surface area contributed by atoms with Crippen molar-refractivity contribution in [3.05, 3.63) is 0 Å². The molecule has 0 radical (unpaired) electrons. The van der Waals surface area contributed by atoms with Crippen molar-refractivity contribution in [1.29, 1.82) is 0 Å². The molecule has 2 aliphatic rings. The van der Waals surface area contributed by atoms with Crippen LogP contribution in [0, 0.1) is 17.3 Å². The van der Waals surface area contributed by atoms with E-state index >= 15 is 0 Å². The highest BCUT2D eigenvalue weighted by Crippen LogP contribution is 2.38. The maximum Gasteiger partial charge on any atom is 0.0252 e. The number of nitrogens with two attached hydrogens (primary N) is 1. The van der Waals surface area contributed by atoms with E-state index in [2.05, 4.69) is 32.6 Å². The minimum Gasteiger partial charge on any atom is -0.326 e. The Bertz CT molecular complexity index is 262. The standard InChI is InChI=1S/C15H30N2/c1-11-7-9-17(10-12(11)2)13-6-5-8-15(3,4)14(13)16/h11-14H,5-10,16H2,1-4H3. The summed E-state index contributed by atoms with van der Waals surface area (Å²) in [5.74, 6) is 1.72. The molecule has 1 heterocycles. The molecule has 2 fully saturated rings. The summed E-state index contributed by atoms with van der Waals surface area (Å²) in [6.45, 7) is 12.0. The van der Waals surface area contributed by atoms with Gasteiger partial charge in [0.15, 0.2) is 0 Å². The number of piperidine rings is 1. The molecule has 0 spiro atoms. The van der Waals surface area contributed by atoms with E-state index in [1.165, 1.54) is 38.8 Å². The van der Waals surface area contributed by atoms with Gasteiger partial charge in [-0.05, 0) is 43.1 Å². The Balaban J connectivity index is 2.02. The predicted molar refractivity (Wildman–Crippen MR) is 73.9 cm³/mol. The van der Waals surface area contributed by atoms with Crippen LogP contribution in [-0.4, -0.2) is 30.1 Å². The molecule has 1 aliphatic heterocycles. The van der Waals surface area contributed by atoms with E-state index < -0.39 is 0 Å². The Labute approximate surface area is 107 Å². The van der Waals surface area contributed by atoms with Crippen molar-refractivity contribution < 1.29 is 0 Å². The molecule has 0 amide bonds. The molecule has 2 rings (SSSR count). The molecule has 100 valence electrons. The molecule has 0 aromatic rings. The lowest BCUT2D eigenvalue weighted by Crippen LogP contribution is -2.59. The zero-order chi connectivity index (χ0) is 12.6. The van der Waals surface area contributed by atoms with Crippen LogP contribution in [0.15, 0.2) is 0 Å². The first kappa shape index (κ1) is 13.4. The second kappa shape index (κ2) is 4.89. The van der Waals surface area contributed by atoms with Gasteiger partial charge in [0.1, 0.15) is 0 Å². The molecular weight excluding hydrogens is 208 g/mol. The van der Waals surface area contributed by atoms with Crippen LogP contribution in [0.2, 0.25) is 0 Å². The predicted octanol–water partition coefficient (Wildman–Crippen LogP) is 2.87. The Morgan fingerprint density at radius 1 is 1.12 bits per heavy atom. The van der Waals surface area contributed by atoms with Crippen molar-refractivity contribution in [2.75, 3.05) is 13.1 Å². The molecule has 0 aromatic carbocycles. The Kier molecular flexibility index (Phi) is 3.84. The minimum absolute atomic E-state index is 0.329. The summed E-state index contributed by atoms with van der Waals surface area (Å²) in [6, 6.07) is 0.991. The van der Waals surface area contributed by atoms with Gasteiger partial charge in [0.2, 0.25) is 0 Å². The summed E-state index contributed by atoms with van der Waals surface area (Å²) in [5, 5.41) is 0. The lowest BCUT2D eigenvalue weighted by molar-refractivity contribution is 0.0276. The maximum absolute atomic E-state index is 6.53. The number of hydrogen-bond donors (Lipinski definition) is 1. The smallest absolute Gasteiger partial charge is 0.0252 e. The van der Waals surface area contributed by atoms with Crippen LogP contribution in [0.5, 0.6) is 0 Å². The molecule has 0 bridgehead atoms. The fourth-order valence-corrected chi connectivity index (χ4v) is 3.64. The van der Waals surface area contributed by atoms with E-state index in [-0.39, 0.29) is 0 Å². The highest BCUT2D eigenvalue weighted by atomic mass is 15.2. The van der Waals surface area contributed by atoms with Gasteiger partial charge in [-0.15, -0.1) is 0 Å². The second-order valence-corrected chi connectivity index (χ2v) is 7.21. The van der Waals surface area contributed by atoms with Crippen molar-refractivity contribution in [2.45, 2.75) is 65.5 Å². The third-order valence-corrected chi connectivity index (χ3v) is 5.47. The van der Waals surface area contributed by atoms with E-state index in [4.69, 9.17) is 5.73 Å². The van der Waals surface area contributed by atoms with Crippen LogP contribution in [0.4, 0.5) is 0 Å². The van der Waals surface area contributed by atoms with Crippen LogP contribution in [0.3, 0.4) is 0 Å². The fraction of sp³-hybridized carbons (Fsp3) is 1.00. The molecule has 1 saturated carbocycles. The number of likely N-dealkylation sites (tertiary alicyclic amines) is 1. The first-order chi connectivity index (χ1) is 7.92.